The van der Waals surface area contributed by atoms with Crippen LogP contribution in [0.15, 0.2) is 29.3 Å². The summed E-state index contributed by atoms with van der Waals surface area (Å²) in [6.45, 7) is 7.50. The van der Waals surface area contributed by atoms with Gasteiger partial charge >= 0.3 is 6.09 Å². The molecule has 0 spiro atoms. The Labute approximate surface area is 184 Å². The highest BCUT2D eigenvalue weighted by atomic mass is 127. The molecule has 7 nitrogen and oxygen atoms in total. The molecular weight excluding hydrogens is 469 g/mol. The number of guanidine groups is 1. The fraction of sp³-hybridized carbons (Fsp3) is 0.600. The number of amides is 1. The minimum atomic E-state index is -0.225. The van der Waals surface area contributed by atoms with Gasteiger partial charge in [0.2, 0.25) is 0 Å². The highest BCUT2D eigenvalue weighted by molar-refractivity contribution is 14.0. The van der Waals surface area contributed by atoms with Crippen LogP contribution in [0.1, 0.15) is 32.3 Å². The van der Waals surface area contributed by atoms with E-state index in [2.05, 4.69) is 46.4 Å². The zero-order valence-electron chi connectivity index (χ0n) is 16.8. The summed E-state index contributed by atoms with van der Waals surface area (Å²) in [5.74, 6) is 0.490. The number of aliphatic imine (C=N–C) groups is 1. The van der Waals surface area contributed by atoms with Crippen LogP contribution in [0.4, 0.5) is 10.5 Å². The molecule has 1 unspecified atom stereocenters. The molecule has 0 radical (unpaired) electrons. The molecule has 8 heteroatoms. The second-order valence-corrected chi connectivity index (χ2v) is 7.25. The standard InChI is InChI=1S/C20H31N5O2.HI/c1-3-27-20(26)24-11-9-17(10-12-24)23-19(21)22-14-15(2)25-13-8-16-6-4-5-7-18(16)25;/h4-7,15,17H,3,8-14H2,1-2H3,(H3,21,22,23);1H. The smallest absolute Gasteiger partial charge is 0.409 e. The Morgan fingerprint density at radius 1 is 1.32 bits per heavy atom. The molecule has 1 saturated heterocycles. The van der Waals surface area contributed by atoms with Gasteiger partial charge in [-0.15, -0.1) is 24.0 Å². The van der Waals surface area contributed by atoms with Crippen molar-refractivity contribution in [1.29, 1.82) is 0 Å². The summed E-state index contributed by atoms with van der Waals surface area (Å²) in [4.78, 5) is 20.5. The second kappa shape index (κ2) is 10.7. The van der Waals surface area contributed by atoms with Gasteiger partial charge in [0.25, 0.3) is 0 Å². The third-order valence-corrected chi connectivity index (χ3v) is 5.35. The predicted octanol–water partition coefficient (Wildman–Crippen LogP) is 2.58. The molecule has 28 heavy (non-hydrogen) atoms. The minimum absolute atomic E-state index is 0. The summed E-state index contributed by atoms with van der Waals surface area (Å²) < 4.78 is 5.05. The van der Waals surface area contributed by atoms with Crippen LogP contribution in [0, 0.1) is 0 Å². The molecule has 1 aromatic carbocycles. The lowest BCUT2D eigenvalue weighted by Gasteiger charge is -2.32. The van der Waals surface area contributed by atoms with Crippen molar-refractivity contribution in [2.24, 2.45) is 10.7 Å². The average Bonchev–Trinajstić information content (AvgIpc) is 3.11. The molecule has 1 amide bonds. The first kappa shape index (κ1) is 22.6. The van der Waals surface area contributed by atoms with Gasteiger partial charge in [0.05, 0.1) is 13.2 Å². The van der Waals surface area contributed by atoms with E-state index < -0.39 is 0 Å². The van der Waals surface area contributed by atoms with Crippen LogP contribution >= 0.6 is 24.0 Å². The van der Waals surface area contributed by atoms with Crippen molar-refractivity contribution >= 4 is 41.7 Å². The van der Waals surface area contributed by atoms with Crippen molar-refractivity contribution in [2.45, 2.75) is 45.2 Å². The first-order valence-corrected chi connectivity index (χ1v) is 9.91. The van der Waals surface area contributed by atoms with Crippen molar-refractivity contribution in [3.63, 3.8) is 0 Å². The van der Waals surface area contributed by atoms with E-state index in [0.29, 0.717) is 38.2 Å². The van der Waals surface area contributed by atoms with Crippen molar-refractivity contribution in [2.75, 3.05) is 37.7 Å². The molecule has 1 fully saturated rings. The molecule has 0 bridgehead atoms. The summed E-state index contributed by atoms with van der Waals surface area (Å²) in [6, 6.07) is 9.12. The van der Waals surface area contributed by atoms with E-state index in [1.807, 2.05) is 6.92 Å². The number of anilines is 1. The van der Waals surface area contributed by atoms with Crippen LogP contribution in [0.2, 0.25) is 0 Å². The quantitative estimate of drug-likeness (QED) is 0.368. The maximum absolute atomic E-state index is 11.7. The number of benzene rings is 1. The Morgan fingerprint density at radius 3 is 2.75 bits per heavy atom. The van der Waals surface area contributed by atoms with E-state index in [0.717, 1.165) is 25.8 Å². The number of nitrogens with two attached hydrogens (primary N) is 1. The minimum Gasteiger partial charge on any atom is -0.450 e. The van der Waals surface area contributed by atoms with Crippen molar-refractivity contribution in [1.82, 2.24) is 10.2 Å². The van der Waals surface area contributed by atoms with Crippen molar-refractivity contribution < 1.29 is 9.53 Å². The maximum Gasteiger partial charge on any atom is 0.409 e. The van der Waals surface area contributed by atoms with E-state index in [9.17, 15) is 4.79 Å². The van der Waals surface area contributed by atoms with E-state index in [4.69, 9.17) is 10.5 Å². The van der Waals surface area contributed by atoms with Gasteiger partial charge in [0.1, 0.15) is 0 Å². The van der Waals surface area contributed by atoms with E-state index in [-0.39, 0.29) is 36.1 Å². The number of nitrogens with zero attached hydrogens (tertiary/aromatic N) is 3. The Bertz CT molecular complexity index is 676. The van der Waals surface area contributed by atoms with E-state index >= 15 is 0 Å². The van der Waals surface area contributed by atoms with Crippen LogP contribution in [0.25, 0.3) is 0 Å². The second-order valence-electron chi connectivity index (χ2n) is 7.25. The molecule has 1 aromatic rings. The largest absolute Gasteiger partial charge is 0.450 e. The number of likely N-dealkylation sites (tertiary alicyclic amines) is 1. The van der Waals surface area contributed by atoms with Gasteiger partial charge in [-0.3, -0.25) is 4.99 Å². The van der Waals surface area contributed by atoms with Gasteiger partial charge in [0, 0.05) is 37.4 Å². The van der Waals surface area contributed by atoms with Gasteiger partial charge in [0.15, 0.2) is 5.96 Å². The lowest BCUT2D eigenvalue weighted by Crippen LogP contribution is -2.48. The number of rotatable bonds is 5. The Morgan fingerprint density at radius 2 is 2.04 bits per heavy atom. The zero-order valence-corrected chi connectivity index (χ0v) is 19.1. The normalized spacial score (nSPS) is 18.3. The molecule has 2 aliphatic heterocycles. The predicted molar refractivity (Wildman–Crippen MR) is 124 cm³/mol. The highest BCUT2D eigenvalue weighted by Crippen LogP contribution is 2.29. The molecular formula is C20H32IN5O2. The van der Waals surface area contributed by atoms with Crippen molar-refractivity contribution in [3.8, 4) is 0 Å². The van der Waals surface area contributed by atoms with E-state index in [1.54, 1.807) is 4.90 Å². The molecule has 2 heterocycles. The van der Waals surface area contributed by atoms with Gasteiger partial charge in [-0.05, 0) is 44.7 Å². The van der Waals surface area contributed by atoms with Crippen LogP contribution < -0.4 is 16.0 Å². The van der Waals surface area contributed by atoms with Crippen molar-refractivity contribution in [3.05, 3.63) is 29.8 Å². The first-order chi connectivity index (χ1) is 13.1. The van der Waals surface area contributed by atoms with Gasteiger partial charge in [-0.1, -0.05) is 18.2 Å². The molecule has 0 aromatic heterocycles. The number of ether oxygens (including phenoxy) is 1. The molecule has 2 aliphatic rings. The number of halogens is 1. The number of nitrogens with one attached hydrogen (secondary N) is 1. The number of hydrogen-bond donors (Lipinski definition) is 2. The molecule has 3 N–H and O–H groups in total. The molecule has 0 aliphatic carbocycles. The number of hydrogen-bond acceptors (Lipinski definition) is 4. The zero-order chi connectivity index (χ0) is 19.2. The number of carbonyl (C=O) groups is 1. The Hall–Kier alpha value is -1.71. The van der Waals surface area contributed by atoms with Gasteiger partial charge in [-0.2, -0.15) is 0 Å². The summed E-state index contributed by atoms with van der Waals surface area (Å²) in [6.07, 6.45) is 2.57. The fourth-order valence-electron chi connectivity index (χ4n) is 3.83. The lowest BCUT2D eigenvalue weighted by atomic mass is 10.1. The molecule has 1 atom stereocenters. The number of piperidine rings is 1. The molecule has 3 rings (SSSR count). The average molecular weight is 501 g/mol. The van der Waals surface area contributed by atoms with Gasteiger partial charge in [-0.25, -0.2) is 4.79 Å². The third-order valence-electron chi connectivity index (χ3n) is 5.35. The van der Waals surface area contributed by atoms with Crippen LogP contribution in [0.3, 0.4) is 0 Å². The monoisotopic (exact) mass is 501 g/mol. The Kier molecular flexibility index (Phi) is 8.65. The number of carbonyl (C=O) groups excluding carboxylic acids is 1. The summed E-state index contributed by atoms with van der Waals surface area (Å²) >= 11 is 0. The summed E-state index contributed by atoms with van der Waals surface area (Å²) in [5.41, 5.74) is 8.83. The third kappa shape index (κ3) is 5.65. The SMILES string of the molecule is CCOC(=O)N1CCC(NC(N)=NCC(C)N2CCc3ccccc32)CC1.I. The lowest BCUT2D eigenvalue weighted by molar-refractivity contribution is 0.0963. The molecule has 0 saturated carbocycles. The maximum atomic E-state index is 11.7. The topological polar surface area (TPSA) is 83.2 Å². The first-order valence-electron chi connectivity index (χ1n) is 9.91. The highest BCUT2D eigenvalue weighted by Gasteiger charge is 2.24. The summed E-state index contributed by atoms with van der Waals surface area (Å²) in [7, 11) is 0. The molecule has 156 valence electrons. The summed E-state index contributed by atoms with van der Waals surface area (Å²) in [5, 5.41) is 3.31. The van der Waals surface area contributed by atoms with E-state index in [1.165, 1.54) is 11.3 Å². The number of para-hydroxylation sites is 1. The van der Waals surface area contributed by atoms with Gasteiger partial charge < -0.3 is 25.6 Å². The number of fused-ring (bicyclic) bond motifs is 1. The Balaban J connectivity index is 0.00000280. The van der Waals surface area contributed by atoms with Crippen LogP contribution in [-0.2, 0) is 11.2 Å². The van der Waals surface area contributed by atoms with Crippen LogP contribution in [-0.4, -0.2) is 61.8 Å². The fourth-order valence-corrected chi connectivity index (χ4v) is 3.83. The van der Waals surface area contributed by atoms with Crippen LogP contribution in [0.5, 0.6) is 0 Å².